The summed E-state index contributed by atoms with van der Waals surface area (Å²) in [5.74, 6) is 1.95. The number of aromatic nitrogens is 5. The highest BCUT2D eigenvalue weighted by atomic mass is 17.2. The summed E-state index contributed by atoms with van der Waals surface area (Å²) in [6.07, 6.45) is 7.65. The molecule has 15 heteroatoms. The summed E-state index contributed by atoms with van der Waals surface area (Å²) in [5, 5.41) is 2.75. The van der Waals surface area contributed by atoms with Gasteiger partial charge in [0.15, 0.2) is 11.7 Å². The van der Waals surface area contributed by atoms with Crippen LogP contribution in [0.5, 0.6) is 0 Å². The molecule has 60 heavy (non-hydrogen) atoms. The van der Waals surface area contributed by atoms with Crippen molar-refractivity contribution in [3.8, 4) is 22.4 Å². The summed E-state index contributed by atoms with van der Waals surface area (Å²) in [5.41, 5.74) is 6.51. The molecule has 304 valence electrons. The number of imidazole rings is 2. The van der Waals surface area contributed by atoms with Crippen LogP contribution in [0.1, 0.15) is 72.6 Å². The van der Waals surface area contributed by atoms with Gasteiger partial charge in [0.25, 0.3) is 11.8 Å². The molecule has 3 amide bonds. The molecule has 4 fully saturated rings. The second-order valence-electron chi connectivity index (χ2n) is 15.9. The first-order chi connectivity index (χ1) is 29.4. The number of aliphatic imine (C=N–C) groups is 1. The largest absolute Gasteiger partial charge is 0.453 e. The van der Waals surface area contributed by atoms with Gasteiger partial charge in [-0.05, 0) is 65.8 Å². The van der Waals surface area contributed by atoms with E-state index in [1.54, 1.807) is 6.20 Å². The maximum atomic E-state index is 14.2. The van der Waals surface area contributed by atoms with Gasteiger partial charge in [0.2, 0.25) is 6.40 Å². The van der Waals surface area contributed by atoms with Gasteiger partial charge in [-0.25, -0.2) is 24.7 Å². The highest BCUT2D eigenvalue weighted by Crippen LogP contribution is 2.55. The number of likely N-dealkylation sites (tertiary alicyclic amines) is 2. The average Bonchev–Trinajstić information content (AvgIpc) is 3.91. The fourth-order valence-electron chi connectivity index (χ4n) is 9.22. The Morgan fingerprint density at radius 3 is 2.08 bits per heavy atom. The van der Waals surface area contributed by atoms with E-state index in [9.17, 15) is 14.4 Å². The minimum atomic E-state index is -0.878. The number of alkyl carbamates (subject to hydrolysis) is 1. The summed E-state index contributed by atoms with van der Waals surface area (Å²) in [7, 11) is 2.68. The maximum absolute atomic E-state index is 14.2. The number of aromatic amines is 2. The number of benzene rings is 3. The van der Waals surface area contributed by atoms with E-state index >= 15 is 0 Å². The first-order valence-electron chi connectivity index (χ1n) is 20.2. The number of pyridine rings is 1. The Bertz CT molecular complexity index is 2580. The topological polar surface area (TPSA) is 180 Å². The minimum Gasteiger partial charge on any atom is -0.453 e. The molecule has 3 aromatic heterocycles. The Morgan fingerprint density at radius 2 is 1.40 bits per heavy atom. The van der Waals surface area contributed by atoms with Gasteiger partial charge in [0.05, 0.1) is 43.7 Å². The van der Waals surface area contributed by atoms with E-state index in [1.165, 1.54) is 20.6 Å². The summed E-state index contributed by atoms with van der Waals surface area (Å²) in [6.45, 7) is 0. The lowest BCUT2D eigenvalue weighted by Crippen LogP contribution is -2.44. The van der Waals surface area contributed by atoms with Gasteiger partial charge in [0, 0.05) is 23.8 Å². The Labute approximate surface area is 345 Å². The monoisotopic (exact) mass is 805 g/mol. The number of H-pyrrole nitrogens is 2. The molecule has 3 aromatic carbocycles. The number of amides is 3. The van der Waals surface area contributed by atoms with E-state index in [1.807, 2.05) is 107 Å². The van der Waals surface area contributed by atoms with Crippen molar-refractivity contribution in [3.05, 3.63) is 126 Å². The second-order valence-corrected chi connectivity index (χ2v) is 15.9. The third-order valence-corrected chi connectivity index (χ3v) is 12.4. The molecular weight excluding hydrogens is 763 g/mol. The zero-order valence-electron chi connectivity index (χ0n) is 33.0. The molecule has 6 aromatic rings. The molecule has 2 aliphatic carbocycles. The fraction of sp³-hybridized carbons (Fsp3) is 0.311. The van der Waals surface area contributed by atoms with Crippen LogP contribution in [-0.4, -0.2) is 85.3 Å². The molecule has 10 rings (SSSR count). The number of ether oxygens (including phenoxy) is 1. The van der Waals surface area contributed by atoms with Gasteiger partial charge < -0.3 is 34.7 Å². The highest BCUT2D eigenvalue weighted by molar-refractivity contribution is 5.88. The molecule has 4 aliphatic rings. The lowest BCUT2D eigenvalue weighted by Gasteiger charge is -2.30. The van der Waals surface area contributed by atoms with Crippen LogP contribution in [0, 0.1) is 11.8 Å². The average molecular weight is 806 g/mol. The number of fused-ring (bicyclic) bond motifs is 3. The van der Waals surface area contributed by atoms with E-state index in [-0.39, 0.29) is 36.0 Å². The molecule has 15 nitrogen and oxygen atoms in total. The second kappa shape index (κ2) is 15.4. The molecular formula is C45H43N9O6. The van der Waals surface area contributed by atoms with Crippen molar-refractivity contribution in [2.45, 2.75) is 61.9 Å². The molecule has 0 radical (unpaired) electrons. The van der Waals surface area contributed by atoms with Crippen molar-refractivity contribution in [2.75, 3.05) is 14.2 Å². The molecule has 5 heterocycles. The normalized spacial score (nSPS) is 23.6. The number of nitrogens with one attached hydrogen (secondary N) is 3. The highest BCUT2D eigenvalue weighted by Gasteiger charge is 2.57. The zero-order chi connectivity index (χ0) is 40.9. The van der Waals surface area contributed by atoms with Crippen LogP contribution in [0.15, 0.2) is 108 Å². The Morgan fingerprint density at radius 1 is 0.750 bits per heavy atom. The lowest BCUT2D eigenvalue weighted by molar-refractivity contribution is -0.188. The lowest BCUT2D eigenvalue weighted by atomic mass is 10.0. The van der Waals surface area contributed by atoms with Crippen molar-refractivity contribution in [1.29, 1.82) is 0 Å². The van der Waals surface area contributed by atoms with Crippen LogP contribution < -0.4 is 5.32 Å². The molecule has 8 atom stereocenters. The Balaban J connectivity index is 0.857. The van der Waals surface area contributed by atoms with Crippen molar-refractivity contribution in [2.24, 2.45) is 16.8 Å². The van der Waals surface area contributed by atoms with Crippen molar-refractivity contribution >= 4 is 35.5 Å². The van der Waals surface area contributed by atoms with Gasteiger partial charge in [0.1, 0.15) is 17.7 Å². The number of carbonyl (C=O) groups excluding carboxylic acids is 3. The van der Waals surface area contributed by atoms with Gasteiger partial charge in [-0.15, -0.1) is 0 Å². The van der Waals surface area contributed by atoms with E-state index in [0.29, 0.717) is 34.7 Å². The van der Waals surface area contributed by atoms with Crippen LogP contribution in [0.4, 0.5) is 4.79 Å². The van der Waals surface area contributed by atoms with Crippen LogP contribution in [-0.2, 0) is 24.1 Å². The summed E-state index contributed by atoms with van der Waals surface area (Å²) < 4.78 is 4.87. The number of carbonyl (C=O) groups is 3. The summed E-state index contributed by atoms with van der Waals surface area (Å²) >= 11 is 0. The predicted octanol–water partition coefficient (Wildman–Crippen LogP) is 6.78. The summed E-state index contributed by atoms with van der Waals surface area (Å²) in [6, 6.07) is 27.0. The Hall–Kier alpha value is -6.87. The quantitative estimate of drug-likeness (QED) is 0.0520. The van der Waals surface area contributed by atoms with Crippen molar-refractivity contribution in [3.63, 3.8) is 0 Å². The van der Waals surface area contributed by atoms with E-state index in [0.717, 1.165) is 59.1 Å². The number of hydrogen-bond acceptors (Lipinski definition) is 10. The third kappa shape index (κ3) is 6.93. The van der Waals surface area contributed by atoms with Crippen molar-refractivity contribution < 1.29 is 28.9 Å². The number of nitrogens with zero attached hydrogens (tertiary/aromatic N) is 6. The van der Waals surface area contributed by atoms with E-state index in [2.05, 4.69) is 20.3 Å². The molecule has 3 N–H and O–H groups in total. The fourth-order valence-corrected chi connectivity index (χ4v) is 9.22. The van der Waals surface area contributed by atoms with Gasteiger partial charge in [-0.3, -0.25) is 9.59 Å². The smallest absolute Gasteiger partial charge is 0.407 e. The molecule has 2 saturated heterocycles. The predicted molar refractivity (Wildman–Crippen MR) is 220 cm³/mol. The minimum absolute atomic E-state index is 0.108. The summed E-state index contributed by atoms with van der Waals surface area (Å²) in [4.78, 5) is 79.9. The molecule has 2 saturated carbocycles. The van der Waals surface area contributed by atoms with Crippen LogP contribution in [0.3, 0.4) is 0 Å². The SMILES string of the molecule is COOC=N[C@@H](C(=O)N1[C@H](c2nc3ncc(-c4ccc(-c5cnc([C@@H]6C[C@@H]7C[C@@H]7N6C(=O)[C@H](NC(=O)OC)c6ccccc6)[nH]5)cc4)cc3[nH]2)C[C@@H]2C[C@@H]21)c1ccccc1. The molecule has 2 aliphatic heterocycles. The van der Waals surface area contributed by atoms with E-state index in [4.69, 9.17) is 29.5 Å². The number of methoxy groups -OCH3 is 1. The van der Waals surface area contributed by atoms with Gasteiger partial charge in [-0.1, -0.05) is 84.9 Å². The number of hydrogen-bond donors (Lipinski definition) is 3. The van der Waals surface area contributed by atoms with Crippen LogP contribution in [0.25, 0.3) is 33.5 Å². The zero-order valence-corrected chi connectivity index (χ0v) is 33.0. The van der Waals surface area contributed by atoms with Gasteiger partial charge >= 0.3 is 6.09 Å². The van der Waals surface area contributed by atoms with Crippen molar-refractivity contribution in [1.82, 2.24) is 40.0 Å². The first-order valence-corrected chi connectivity index (χ1v) is 20.2. The number of rotatable bonds is 12. The van der Waals surface area contributed by atoms with Crippen LogP contribution >= 0.6 is 0 Å². The van der Waals surface area contributed by atoms with Gasteiger partial charge in [-0.2, -0.15) is 4.89 Å². The number of piperidine rings is 2. The Kier molecular flexibility index (Phi) is 9.59. The van der Waals surface area contributed by atoms with Crippen LogP contribution in [0.2, 0.25) is 0 Å². The standard InChI is InChI=1S/C45H43N9O6/c1-58-45(57)51-39(28-11-7-4-8-12-28)44(56)53-34-18-29(34)20-36(53)41-47-23-33(50-41)26-15-13-25(14-16-26)31-17-32-40(46-22-31)52-42(49-32)37-21-30-19-35(30)54(37)43(55)38(48-24-60-59-2)27-9-5-3-6-10-27/h3-17,22-24,29-30,34-39H,18-21H2,1-2H3,(H,47,50)(H,51,57)(H,46,49,52)/t29-,30-,34-,35-,36-,37-,38+,39+/m0/s1. The molecule has 0 unspecified atom stereocenters. The molecule has 0 spiro atoms. The van der Waals surface area contributed by atoms with E-state index < -0.39 is 18.2 Å². The maximum Gasteiger partial charge on any atom is 0.407 e. The third-order valence-electron chi connectivity index (χ3n) is 12.4. The first kappa shape index (κ1) is 37.4. The molecule has 0 bridgehead atoms.